The zero-order chi connectivity index (χ0) is 12.4. The van der Waals surface area contributed by atoms with E-state index in [-0.39, 0.29) is 5.88 Å². The molecule has 0 radical (unpaired) electrons. The minimum Gasteiger partial charge on any atom is -0.338 e. The first-order chi connectivity index (χ1) is 8.86. The van der Waals surface area contributed by atoms with Crippen LogP contribution in [0.1, 0.15) is 16.0 Å². The van der Waals surface area contributed by atoms with Gasteiger partial charge in [0.2, 0.25) is 11.7 Å². The maximum Gasteiger partial charge on any atom is 0.241 e. The van der Waals surface area contributed by atoms with Gasteiger partial charge in [0.05, 0.1) is 4.58 Å². The van der Waals surface area contributed by atoms with Gasteiger partial charge in [0, 0.05) is 17.1 Å². The van der Waals surface area contributed by atoms with Crippen LogP contribution in [-0.2, 0) is 5.88 Å². The van der Waals surface area contributed by atoms with Gasteiger partial charge in [-0.3, -0.25) is 0 Å². The molecule has 0 saturated carbocycles. The van der Waals surface area contributed by atoms with Crippen LogP contribution in [0.2, 0.25) is 0 Å². The van der Waals surface area contributed by atoms with Crippen molar-refractivity contribution in [1.82, 2.24) is 10.1 Å². The molecule has 1 saturated heterocycles. The highest BCUT2D eigenvalue weighted by molar-refractivity contribution is 8.19. The van der Waals surface area contributed by atoms with Gasteiger partial charge < -0.3 is 4.52 Å². The van der Waals surface area contributed by atoms with Crippen molar-refractivity contribution in [2.75, 3.05) is 11.5 Å². The second-order valence-corrected chi connectivity index (χ2v) is 6.83. The van der Waals surface area contributed by atoms with Crippen LogP contribution < -0.4 is 0 Å². The molecular weight excluding hydrogens is 288 g/mol. The van der Waals surface area contributed by atoms with E-state index in [9.17, 15) is 0 Å². The van der Waals surface area contributed by atoms with E-state index in [2.05, 4.69) is 22.3 Å². The van der Waals surface area contributed by atoms with Gasteiger partial charge in [-0.25, -0.2) is 0 Å². The molecule has 0 bridgehead atoms. The van der Waals surface area contributed by atoms with E-state index in [0.717, 1.165) is 5.56 Å². The number of aromatic nitrogens is 2. The summed E-state index contributed by atoms with van der Waals surface area (Å²) in [5.41, 5.74) is 2.32. The minimum atomic E-state index is 0.250. The van der Waals surface area contributed by atoms with Crippen LogP contribution in [0.25, 0.3) is 11.4 Å². The second kappa shape index (κ2) is 5.55. The fourth-order valence-electron chi connectivity index (χ4n) is 1.77. The van der Waals surface area contributed by atoms with Gasteiger partial charge in [0.25, 0.3) is 0 Å². The first kappa shape index (κ1) is 12.4. The highest BCUT2D eigenvalue weighted by atomic mass is 35.5. The number of rotatable bonds is 3. The zero-order valence-corrected chi connectivity index (χ0v) is 11.9. The monoisotopic (exact) mass is 298 g/mol. The Labute approximate surface area is 119 Å². The van der Waals surface area contributed by atoms with Crippen molar-refractivity contribution in [3.8, 4) is 11.4 Å². The van der Waals surface area contributed by atoms with Gasteiger partial charge in [0.1, 0.15) is 5.88 Å². The predicted octanol–water partition coefficient (Wildman–Crippen LogP) is 3.95. The van der Waals surface area contributed by atoms with Crippen molar-refractivity contribution < 1.29 is 4.52 Å². The van der Waals surface area contributed by atoms with Crippen LogP contribution in [0.3, 0.4) is 0 Å². The van der Waals surface area contributed by atoms with E-state index in [0.29, 0.717) is 16.3 Å². The van der Waals surface area contributed by atoms with Crippen molar-refractivity contribution in [3.05, 3.63) is 35.7 Å². The minimum absolute atomic E-state index is 0.250. The van der Waals surface area contributed by atoms with E-state index in [1.54, 1.807) is 0 Å². The number of benzene rings is 1. The largest absolute Gasteiger partial charge is 0.338 e. The third kappa shape index (κ3) is 2.53. The van der Waals surface area contributed by atoms with Crippen LogP contribution in [0.5, 0.6) is 0 Å². The molecule has 0 aliphatic carbocycles. The molecule has 1 fully saturated rings. The van der Waals surface area contributed by atoms with Gasteiger partial charge in [-0.15, -0.1) is 35.1 Å². The maximum absolute atomic E-state index is 5.64. The Balaban J connectivity index is 1.81. The van der Waals surface area contributed by atoms with E-state index in [1.807, 2.05) is 35.7 Å². The Morgan fingerprint density at radius 1 is 1.22 bits per heavy atom. The van der Waals surface area contributed by atoms with Gasteiger partial charge >= 0.3 is 0 Å². The Bertz CT molecular complexity index is 523. The highest BCUT2D eigenvalue weighted by Crippen LogP contribution is 2.45. The molecule has 0 unspecified atom stereocenters. The van der Waals surface area contributed by atoms with Crippen LogP contribution in [0, 0.1) is 0 Å². The molecule has 2 heterocycles. The summed E-state index contributed by atoms with van der Waals surface area (Å²) in [5, 5.41) is 3.90. The van der Waals surface area contributed by atoms with Crippen LogP contribution in [0.15, 0.2) is 28.8 Å². The van der Waals surface area contributed by atoms with E-state index >= 15 is 0 Å². The third-order valence-corrected chi connectivity index (χ3v) is 5.98. The second-order valence-electron chi connectivity index (χ2n) is 3.84. The SMILES string of the molecule is ClCc1nc(-c2ccc(C3SCCS3)cc2)no1. The topological polar surface area (TPSA) is 38.9 Å². The van der Waals surface area contributed by atoms with E-state index < -0.39 is 0 Å². The fourth-order valence-corrected chi connectivity index (χ4v) is 4.73. The molecule has 18 heavy (non-hydrogen) atoms. The van der Waals surface area contributed by atoms with E-state index in [1.165, 1.54) is 17.1 Å². The summed E-state index contributed by atoms with van der Waals surface area (Å²) < 4.78 is 5.57. The normalized spacial score (nSPS) is 16.3. The van der Waals surface area contributed by atoms with Crippen LogP contribution in [0.4, 0.5) is 0 Å². The number of hydrogen-bond acceptors (Lipinski definition) is 5. The predicted molar refractivity (Wildman–Crippen MR) is 76.9 cm³/mol. The third-order valence-electron chi connectivity index (χ3n) is 2.65. The molecule has 1 aromatic carbocycles. The zero-order valence-electron chi connectivity index (χ0n) is 9.51. The quantitative estimate of drug-likeness (QED) is 0.802. The summed E-state index contributed by atoms with van der Waals surface area (Å²) in [6.45, 7) is 0. The molecule has 1 aromatic heterocycles. The van der Waals surface area contributed by atoms with Gasteiger partial charge in [-0.05, 0) is 5.56 Å². The summed E-state index contributed by atoms with van der Waals surface area (Å²) >= 11 is 9.64. The number of alkyl halides is 1. The molecule has 0 amide bonds. The van der Waals surface area contributed by atoms with Crippen molar-refractivity contribution in [1.29, 1.82) is 0 Å². The molecular formula is C12H11ClN2OS2. The summed E-state index contributed by atoms with van der Waals surface area (Å²) in [4.78, 5) is 4.21. The molecule has 1 aliphatic rings. The summed E-state index contributed by atoms with van der Waals surface area (Å²) in [6, 6.07) is 8.36. The molecule has 2 aromatic rings. The smallest absolute Gasteiger partial charge is 0.241 e. The van der Waals surface area contributed by atoms with Crippen molar-refractivity contribution in [2.45, 2.75) is 10.5 Å². The lowest BCUT2D eigenvalue weighted by Crippen LogP contribution is -1.86. The molecule has 1 aliphatic heterocycles. The van der Waals surface area contributed by atoms with Gasteiger partial charge in [0.15, 0.2) is 0 Å². The lowest BCUT2D eigenvalue weighted by Gasteiger charge is -2.07. The average Bonchev–Trinajstić information content (AvgIpc) is 3.10. The van der Waals surface area contributed by atoms with Crippen molar-refractivity contribution >= 4 is 35.1 Å². The number of hydrogen-bond donors (Lipinski definition) is 0. The van der Waals surface area contributed by atoms with Crippen molar-refractivity contribution in [3.63, 3.8) is 0 Å². The Kier molecular flexibility index (Phi) is 3.82. The average molecular weight is 299 g/mol. The lowest BCUT2D eigenvalue weighted by molar-refractivity contribution is 0.391. The first-order valence-electron chi connectivity index (χ1n) is 5.59. The highest BCUT2D eigenvalue weighted by Gasteiger charge is 2.18. The lowest BCUT2D eigenvalue weighted by atomic mass is 10.1. The summed E-state index contributed by atoms with van der Waals surface area (Å²) in [6.07, 6.45) is 0. The molecule has 94 valence electrons. The molecule has 3 nitrogen and oxygen atoms in total. The molecule has 6 heteroatoms. The van der Waals surface area contributed by atoms with Crippen molar-refractivity contribution in [2.24, 2.45) is 0 Å². The first-order valence-corrected chi connectivity index (χ1v) is 8.22. The molecule has 0 atom stereocenters. The van der Waals surface area contributed by atoms with Crippen LogP contribution >= 0.6 is 35.1 Å². The van der Waals surface area contributed by atoms with E-state index in [4.69, 9.17) is 16.1 Å². The van der Waals surface area contributed by atoms with Crippen LogP contribution in [-0.4, -0.2) is 21.6 Å². The number of thioether (sulfide) groups is 2. The molecule has 0 N–H and O–H groups in total. The number of halogens is 1. The molecule has 3 rings (SSSR count). The Morgan fingerprint density at radius 2 is 1.94 bits per heavy atom. The van der Waals surface area contributed by atoms with Gasteiger partial charge in [-0.1, -0.05) is 29.4 Å². The Hall–Kier alpha value is -0.650. The summed E-state index contributed by atoms with van der Waals surface area (Å²) in [7, 11) is 0. The van der Waals surface area contributed by atoms with Gasteiger partial charge in [-0.2, -0.15) is 4.98 Å². The summed E-state index contributed by atoms with van der Waals surface area (Å²) in [5.74, 6) is 3.78. The maximum atomic E-state index is 5.64. The standard InChI is InChI=1S/C12H11ClN2OS2/c13-7-10-14-11(15-16-10)8-1-3-9(4-2-8)12-17-5-6-18-12/h1-4,12H,5-7H2. The fraction of sp³-hybridized carbons (Fsp3) is 0.333. The molecule has 0 spiro atoms. The Morgan fingerprint density at radius 3 is 2.56 bits per heavy atom. The number of nitrogens with zero attached hydrogens (tertiary/aromatic N) is 2.